The number of halogens is 3. The Labute approximate surface area is 144 Å². The largest absolute Gasteiger partial charge is 0.508 e. The summed E-state index contributed by atoms with van der Waals surface area (Å²) in [4.78, 5) is 0. The van der Waals surface area contributed by atoms with Gasteiger partial charge in [0.25, 0.3) is 0 Å². The summed E-state index contributed by atoms with van der Waals surface area (Å²) in [6, 6.07) is 8.58. The molecule has 3 nitrogen and oxygen atoms in total. The molecule has 0 fully saturated rings. The van der Waals surface area contributed by atoms with Crippen LogP contribution < -0.4 is 5.32 Å². The van der Waals surface area contributed by atoms with E-state index in [1.807, 2.05) is 6.92 Å². The molecule has 1 unspecified atom stereocenters. The van der Waals surface area contributed by atoms with E-state index in [9.17, 15) is 18.3 Å². The van der Waals surface area contributed by atoms with Gasteiger partial charge in [-0.15, -0.1) is 0 Å². The van der Waals surface area contributed by atoms with Crippen LogP contribution in [0.25, 0.3) is 0 Å². The highest BCUT2D eigenvalue weighted by Gasteiger charge is 2.16. The highest BCUT2D eigenvalue weighted by Crippen LogP contribution is 2.29. The maximum absolute atomic E-state index is 14.2. The first-order valence-corrected chi connectivity index (χ1v) is 8.01. The van der Waals surface area contributed by atoms with E-state index < -0.39 is 18.3 Å². The van der Waals surface area contributed by atoms with Gasteiger partial charge >= 0.3 is 0 Å². The molecule has 0 heterocycles. The zero-order valence-corrected chi connectivity index (χ0v) is 13.8. The van der Waals surface area contributed by atoms with Crippen molar-refractivity contribution in [3.05, 3.63) is 58.7 Å². The molecule has 0 saturated heterocycles. The number of hydrogen-bond donors (Lipinski definition) is 2. The quantitative estimate of drug-likeness (QED) is 0.740. The number of rotatable bonds is 7. The zero-order valence-electron chi connectivity index (χ0n) is 13.8. The van der Waals surface area contributed by atoms with Gasteiger partial charge in [0, 0.05) is 18.2 Å². The number of phenols is 1. The van der Waals surface area contributed by atoms with E-state index in [0.717, 1.165) is 6.07 Å². The van der Waals surface area contributed by atoms with E-state index in [1.54, 1.807) is 12.1 Å². The normalized spacial score (nSPS) is 11.8. The molecule has 0 bridgehead atoms. The second kappa shape index (κ2) is 8.43. The number of aromatic hydroxyl groups is 1. The van der Waals surface area contributed by atoms with Crippen LogP contribution in [0.4, 0.5) is 18.9 Å². The fourth-order valence-corrected chi connectivity index (χ4v) is 2.80. The third-order valence-electron chi connectivity index (χ3n) is 4.22. The number of benzene rings is 2. The molecule has 0 aliphatic heterocycles. The standard InChI is InChI=1S/C19H19F3N2O/c1-2-12(15-5-4-14(25)9-17(15)21)7-8-24-18-6-3-13(11-23)16(10-20)19(18)22/h3-6,9,12,24-25H,2,7-8,10H2,1H3. The van der Waals surface area contributed by atoms with E-state index in [1.165, 1.54) is 18.2 Å². The van der Waals surface area contributed by atoms with Gasteiger partial charge in [-0.3, -0.25) is 0 Å². The van der Waals surface area contributed by atoms with Gasteiger partial charge in [0.1, 0.15) is 18.2 Å². The van der Waals surface area contributed by atoms with Crippen molar-refractivity contribution >= 4 is 5.69 Å². The summed E-state index contributed by atoms with van der Waals surface area (Å²) in [5, 5.41) is 21.0. The van der Waals surface area contributed by atoms with Crippen LogP contribution in [0, 0.1) is 23.0 Å². The summed E-state index contributed by atoms with van der Waals surface area (Å²) in [6.07, 6.45) is 1.21. The Balaban J connectivity index is 2.08. The average Bonchev–Trinajstić information content (AvgIpc) is 2.60. The number of alkyl halides is 1. The van der Waals surface area contributed by atoms with Crippen molar-refractivity contribution in [2.45, 2.75) is 32.4 Å². The first-order chi connectivity index (χ1) is 12.0. The minimum absolute atomic E-state index is 0.0249. The molecule has 0 aliphatic carbocycles. The van der Waals surface area contributed by atoms with Crippen molar-refractivity contribution in [2.75, 3.05) is 11.9 Å². The number of nitrogens with one attached hydrogen (secondary N) is 1. The Kier molecular flexibility index (Phi) is 6.29. The van der Waals surface area contributed by atoms with Gasteiger partial charge in [-0.05, 0) is 42.5 Å². The van der Waals surface area contributed by atoms with Crippen LogP contribution in [0.15, 0.2) is 30.3 Å². The molecule has 1 atom stereocenters. The molecule has 0 radical (unpaired) electrons. The molecular formula is C19H19F3N2O. The van der Waals surface area contributed by atoms with Crippen LogP contribution in [0.1, 0.15) is 42.4 Å². The smallest absolute Gasteiger partial charge is 0.153 e. The van der Waals surface area contributed by atoms with Crippen LogP contribution in [0.3, 0.4) is 0 Å². The van der Waals surface area contributed by atoms with E-state index in [0.29, 0.717) is 24.9 Å². The number of nitriles is 1. The minimum atomic E-state index is -1.06. The monoisotopic (exact) mass is 348 g/mol. The molecule has 2 aromatic carbocycles. The molecule has 25 heavy (non-hydrogen) atoms. The SMILES string of the molecule is CCC(CCNc1ccc(C#N)c(CF)c1F)c1ccc(O)cc1F. The molecule has 0 amide bonds. The van der Waals surface area contributed by atoms with Crippen molar-refractivity contribution in [3.8, 4) is 11.8 Å². The number of phenolic OH excluding ortho intramolecular Hbond substituents is 1. The summed E-state index contributed by atoms with van der Waals surface area (Å²) in [5.74, 6) is -1.48. The highest BCUT2D eigenvalue weighted by molar-refractivity contribution is 5.53. The highest BCUT2D eigenvalue weighted by atomic mass is 19.1. The van der Waals surface area contributed by atoms with Crippen LogP contribution in [0.5, 0.6) is 5.75 Å². The lowest BCUT2D eigenvalue weighted by molar-refractivity contribution is 0.462. The minimum Gasteiger partial charge on any atom is -0.508 e. The van der Waals surface area contributed by atoms with Gasteiger partial charge in [0.05, 0.1) is 17.3 Å². The van der Waals surface area contributed by atoms with Gasteiger partial charge in [-0.25, -0.2) is 13.2 Å². The Hall–Kier alpha value is -2.68. The zero-order chi connectivity index (χ0) is 18.4. The van der Waals surface area contributed by atoms with Crippen LogP contribution in [-0.4, -0.2) is 11.7 Å². The topological polar surface area (TPSA) is 56.0 Å². The molecule has 132 valence electrons. The second-order valence-electron chi connectivity index (χ2n) is 5.73. The summed E-state index contributed by atoms with van der Waals surface area (Å²) < 4.78 is 41.1. The van der Waals surface area contributed by atoms with E-state index in [4.69, 9.17) is 5.26 Å². The van der Waals surface area contributed by atoms with Crippen molar-refractivity contribution in [1.29, 1.82) is 5.26 Å². The molecule has 0 aromatic heterocycles. The van der Waals surface area contributed by atoms with Gasteiger partial charge in [0.15, 0.2) is 5.82 Å². The lowest BCUT2D eigenvalue weighted by Gasteiger charge is -2.18. The third-order valence-corrected chi connectivity index (χ3v) is 4.22. The fourth-order valence-electron chi connectivity index (χ4n) is 2.80. The van der Waals surface area contributed by atoms with Crippen molar-refractivity contribution in [2.24, 2.45) is 0 Å². The molecule has 0 saturated carbocycles. The Morgan fingerprint density at radius 1 is 1.24 bits per heavy atom. The maximum atomic E-state index is 14.2. The van der Waals surface area contributed by atoms with Crippen LogP contribution in [0.2, 0.25) is 0 Å². The fraction of sp³-hybridized carbons (Fsp3) is 0.316. The van der Waals surface area contributed by atoms with E-state index >= 15 is 0 Å². The summed E-state index contributed by atoms with van der Waals surface area (Å²) >= 11 is 0. The van der Waals surface area contributed by atoms with Gasteiger partial charge in [-0.1, -0.05) is 13.0 Å². The maximum Gasteiger partial charge on any atom is 0.153 e. The van der Waals surface area contributed by atoms with Gasteiger partial charge in [0.2, 0.25) is 0 Å². The summed E-state index contributed by atoms with van der Waals surface area (Å²) in [6.45, 7) is 1.22. The third kappa shape index (κ3) is 4.24. The average molecular weight is 348 g/mol. The predicted octanol–water partition coefficient (Wildman–Crippen LogP) is 5.01. The molecule has 2 aromatic rings. The molecule has 6 heteroatoms. The second-order valence-corrected chi connectivity index (χ2v) is 5.73. The van der Waals surface area contributed by atoms with Crippen molar-refractivity contribution < 1.29 is 18.3 Å². The molecule has 0 spiro atoms. The Bertz CT molecular complexity index is 787. The van der Waals surface area contributed by atoms with Crippen LogP contribution in [-0.2, 0) is 6.67 Å². The van der Waals surface area contributed by atoms with E-state index in [-0.39, 0.29) is 28.5 Å². The number of nitrogens with zero attached hydrogens (tertiary/aromatic N) is 1. The van der Waals surface area contributed by atoms with Gasteiger partial charge < -0.3 is 10.4 Å². The Morgan fingerprint density at radius 2 is 2.00 bits per heavy atom. The first-order valence-electron chi connectivity index (χ1n) is 8.01. The van der Waals surface area contributed by atoms with Crippen molar-refractivity contribution in [3.63, 3.8) is 0 Å². The number of anilines is 1. The predicted molar refractivity (Wildman–Crippen MR) is 90.1 cm³/mol. The summed E-state index contributed by atoms with van der Waals surface area (Å²) in [5.41, 5.74) is 0.326. The summed E-state index contributed by atoms with van der Waals surface area (Å²) in [7, 11) is 0. The lowest BCUT2D eigenvalue weighted by atomic mass is 9.92. The molecular weight excluding hydrogens is 329 g/mol. The molecule has 2 rings (SSSR count). The molecule has 2 N–H and O–H groups in total. The lowest BCUT2D eigenvalue weighted by Crippen LogP contribution is -2.10. The Morgan fingerprint density at radius 3 is 2.60 bits per heavy atom. The molecule has 0 aliphatic rings. The van der Waals surface area contributed by atoms with Crippen molar-refractivity contribution in [1.82, 2.24) is 0 Å². The first kappa shape index (κ1) is 18.7. The van der Waals surface area contributed by atoms with Crippen LogP contribution >= 0.6 is 0 Å². The van der Waals surface area contributed by atoms with E-state index in [2.05, 4.69) is 5.32 Å². The number of hydrogen-bond acceptors (Lipinski definition) is 3. The van der Waals surface area contributed by atoms with Gasteiger partial charge in [-0.2, -0.15) is 5.26 Å².